The average molecular weight is 446 g/mol. The molecular weight excluding hydrogens is 410 g/mol. The minimum atomic E-state index is 0.0810. The van der Waals surface area contributed by atoms with E-state index in [2.05, 4.69) is 55.1 Å². The molecule has 3 unspecified atom stereocenters. The third-order valence-corrected chi connectivity index (χ3v) is 8.20. The number of aromatic nitrogens is 1. The molecule has 0 spiro atoms. The molecule has 32 heavy (non-hydrogen) atoms. The first-order valence-corrected chi connectivity index (χ1v) is 13.4. The lowest BCUT2D eigenvalue weighted by atomic mass is 9.86. The topological polar surface area (TPSA) is 30.0 Å². The molecule has 0 amide bonds. The normalized spacial score (nSPS) is 22.5. The summed E-state index contributed by atoms with van der Waals surface area (Å²) >= 11 is 2.06. The minimum absolute atomic E-state index is 0.0810. The maximum atomic E-state index is 13.4. The Morgan fingerprint density at radius 2 is 1.78 bits per heavy atom. The van der Waals surface area contributed by atoms with Crippen LogP contribution >= 0.6 is 11.8 Å². The highest BCUT2D eigenvalue weighted by Gasteiger charge is 2.25. The van der Waals surface area contributed by atoms with Gasteiger partial charge in [0.1, 0.15) is 5.69 Å². The second-order valence-electron chi connectivity index (χ2n) is 9.18. The summed E-state index contributed by atoms with van der Waals surface area (Å²) in [5.41, 5.74) is 2.99. The fourth-order valence-corrected chi connectivity index (χ4v) is 6.43. The number of pyridine rings is 1. The van der Waals surface area contributed by atoms with E-state index in [9.17, 15) is 4.79 Å². The van der Waals surface area contributed by atoms with Gasteiger partial charge < -0.3 is 0 Å². The van der Waals surface area contributed by atoms with E-state index in [0.29, 0.717) is 10.9 Å². The van der Waals surface area contributed by atoms with Gasteiger partial charge in [-0.05, 0) is 48.6 Å². The van der Waals surface area contributed by atoms with Crippen molar-refractivity contribution in [3.63, 3.8) is 0 Å². The highest BCUT2D eigenvalue weighted by molar-refractivity contribution is 7.99. The predicted octanol–water partition coefficient (Wildman–Crippen LogP) is 8.28. The number of hydrogen-bond acceptors (Lipinski definition) is 3. The Balaban J connectivity index is 1.50. The van der Waals surface area contributed by atoms with Gasteiger partial charge in [-0.25, -0.2) is 4.98 Å². The lowest BCUT2D eigenvalue weighted by molar-refractivity contribution is 0.0902. The highest BCUT2D eigenvalue weighted by atomic mass is 32.2. The van der Waals surface area contributed by atoms with E-state index in [1.807, 2.05) is 30.3 Å². The van der Waals surface area contributed by atoms with E-state index in [0.717, 1.165) is 41.8 Å². The Bertz CT molecular complexity index is 1000. The van der Waals surface area contributed by atoms with Crippen LogP contribution < -0.4 is 0 Å². The Kier molecular flexibility index (Phi) is 8.39. The smallest absolute Gasteiger partial charge is 0.184 e. The molecule has 2 heterocycles. The summed E-state index contributed by atoms with van der Waals surface area (Å²) in [6, 6.07) is 23.0. The van der Waals surface area contributed by atoms with Crippen LogP contribution in [0.15, 0.2) is 66.7 Å². The maximum Gasteiger partial charge on any atom is 0.184 e. The zero-order valence-electron chi connectivity index (χ0n) is 19.2. The number of benzene rings is 2. The van der Waals surface area contributed by atoms with Gasteiger partial charge in [0.15, 0.2) is 5.78 Å². The fraction of sp³-hybridized carbons (Fsp3) is 0.448. The van der Waals surface area contributed by atoms with Crippen molar-refractivity contribution in [1.82, 2.24) is 4.98 Å². The highest BCUT2D eigenvalue weighted by Crippen LogP contribution is 2.40. The number of carbonyl (C=O) groups is 1. The molecule has 3 atom stereocenters. The van der Waals surface area contributed by atoms with Crippen LogP contribution in [-0.2, 0) is 0 Å². The first kappa shape index (κ1) is 23.0. The second kappa shape index (κ2) is 11.7. The minimum Gasteiger partial charge on any atom is -0.292 e. The molecule has 3 aromatic rings. The summed E-state index contributed by atoms with van der Waals surface area (Å²) in [5.74, 6) is 2.10. The molecule has 0 bridgehead atoms. The molecule has 1 aliphatic rings. The van der Waals surface area contributed by atoms with Gasteiger partial charge in [0.05, 0.1) is 5.52 Å². The van der Waals surface area contributed by atoms with Crippen molar-refractivity contribution >= 4 is 28.4 Å². The van der Waals surface area contributed by atoms with Gasteiger partial charge >= 0.3 is 0 Å². The summed E-state index contributed by atoms with van der Waals surface area (Å²) < 4.78 is 0. The summed E-state index contributed by atoms with van der Waals surface area (Å²) in [6.45, 7) is 2.29. The van der Waals surface area contributed by atoms with Crippen molar-refractivity contribution in [3.05, 3.63) is 78.0 Å². The SMILES string of the molecule is CCCCC1CCCC(C(=O)c2ccc3ccccc3n2)CCSC(c2ccccc2)C1. The molecule has 0 N–H and O–H groups in total. The fourth-order valence-electron chi connectivity index (χ4n) is 4.97. The van der Waals surface area contributed by atoms with Crippen LogP contribution in [-0.4, -0.2) is 16.5 Å². The van der Waals surface area contributed by atoms with Gasteiger partial charge in [-0.3, -0.25) is 4.79 Å². The number of nitrogens with zero attached hydrogens (tertiary/aromatic N) is 1. The molecule has 3 heteroatoms. The van der Waals surface area contributed by atoms with Crippen LogP contribution in [0.2, 0.25) is 0 Å². The van der Waals surface area contributed by atoms with Crippen LogP contribution in [0.4, 0.5) is 0 Å². The van der Waals surface area contributed by atoms with Gasteiger partial charge in [0.2, 0.25) is 0 Å². The maximum absolute atomic E-state index is 13.4. The first-order chi connectivity index (χ1) is 15.7. The monoisotopic (exact) mass is 445 g/mol. The summed E-state index contributed by atoms with van der Waals surface area (Å²) in [6.07, 6.45) is 9.45. The number of fused-ring (bicyclic) bond motifs is 1. The van der Waals surface area contributed by atoms with Gasteiger partial charge in [0, 0.05) is 16.6 Å². The van der Waals surface area contributed by atoms with Crippen molar-refractivity contribution in [2.45, 2.75) is 63.5 Å². The van der Waals surface area contributed by atoms with Crippen LogP contribution in [0, 0.1) is 11.8 Å². The van der Waals surface area contributed by atoms with E-state index >= 15 is 0 Å². The van der Waals surface area contributed by atoms with E-state index in [-0.39, 0.29) is 11.7 Å². The Hall–Kier alpha value is -2.13. The number of thioether (sulfide) groups is 1. The molecule has 4 rings (SSSR count). The molecule has 1 saturated heterocycles. The number of Topliss-reactive ketones (excluding diaryl/α,β-unsaturated/α-hetero) is 1. The molecule has 0 aliphatic carbocycles. The van der Waals surface area contributed by atoms with E-state index in [1.54, 1.807) is 0 Å². The Labute approximate surface area is 197 Å². The van der Waals surface area contributed by atoms with E-state index < -0.39 is 0 Å². The molecule has 168 valence electrons. The molecule has 0 radical (unpaired) electrons. The number of ketones is 1. The lowest BCUT2D eigenvalue weighted by Gasteiger charge is -2.27. The van der Waals surface area contributed by atoms with Gasteiger partial charge in [-0.15, -0.1) is 0 Å². The summed E-state index contributed by atoms with van der Waals surface area (Å²) in [5, 5.41) is 1.63. The summed E-state index contributed by atoms with van der Waals surface area (Å²) in [4.78, 5) is 18.1. The van der Waals surface area contributed by atoms with Crippen molar-refractivity contribution < 1.29 is 4.79 Å². The zero-order valence-corrected chi connectivity index (χ0v) is 20.0. The van der Waals surface area contributed by atoms with Crippen LogP contribution in [0.3, 0.4) is 0 Å². The van der Waals surface area contributed by atoms with Crippen LogP contribution in [0.1, 0.15) is 79.6 Å². The molecule has 1 aromatic heterocycles. The van der Waals surface area contributed by atoms with Gasteiger partial charge in [0.25, 0.3) is 0 Å². The first-order valence-electron chi connectivity index (χ1n) is 12.3. The van der Waals surface area contributed by atoms with Crippen molar-refractivity contribution in [1.29, 1.82) is 0 Å². The summed E-state index contributed by atoms with van der Waals surface area (Å²) in [7, 11) is 0. The number of hydrogen-bond donors (Lipinski definition) is 0. The predicted molar refractivity (Wildman–Crippen MR) is 137 cm³/mol. The van der Waals surface area contributed by atoms with Gasteiger partial charge in [-0.2, -0.15) is 11.8 Å². The third kappa shape index (κ3) is 6.01. The van der Waals surface area contributed by atoms with Crippen molar-refractivity contribution in [3.8, 4) is 0 Å². The molecule has 0 saturated carbocycles. The molecular formula is C29H35NOS. The zero-order chi connectivity index (χ0) is 22.2. The third-order valence-electron chi connectivity index (χ3n) is 6.86. The largest absolute Gasteiger partial charge is 0.292 e. The Morgan fingerprint density at radius 1 is 0.969 bits per heavy atom. The molecule has 1 aliphatic heterocycles. The van der Waals surface area contributed by atoms with Crippen molar-refractivity contribution in [2.24, 2.45) is 11.8 Å². The lowest BCUT2D eigenvalue weighted by Crippen LogP contribution is -2.19. The molecule has 2 aromatic carbocycles. The Morgan fingerprint density at radius 3 is 2.62 bits per heavy atom. The van der Waals surface area contributed by atoms with E-state index in [1.165, 1.54) is 37.7 Å². The quantitative estimate of drug-likeness (QED) is 0.358. The number of para-hydroxylation sites is 1. The number of unbranched alkanes of at least 4 members (excludes halogenated alkanes) is 1. The number of rotatable bonds is 6. The van der Waals surface area contributed by atoms with Crippen LogP contribution in [0.5, 0.6) is 0 Å². The van der Waals surface area contributed by atoms with E-state index in [4.69, 9.17) is 4.98 Å². The average Bonchev–Trinajstić information content (AvgIpc) is 2.85. The van der Waals surface area contributed by atoms with Gasteiger partial charge in [-0.1, -0.05) is 93.6 Å². The molecule has 2 nitrogen and oxygen atoms in total. The second-order valence-corrected chi connectivity index (χ2v) is 10.5. The standard InChI is InChI=1S/C29H35NOS/c1-2-3-10-22-11-9-15-25(19-20-32-28(21-22)24-13-5-4-6-14-24)29(31)27-18-17-23-12-7-8-16-26(23)30-27/h4-8,12-14,16-18,22,25,28H,2-3,9-11,15,19-21H2,1H3. The number of carbonyl (C=O) groups excluding carboxylic acids is 1. The van der Waals surface area contributed by atoms with Crippen molar-refractivity contribution in [2.75, 3.05) is 5.75 Å². The van der Waals surface area contributed by atoms with Crippen LogP contribution in [0.25, 0.3) is 10.9 Å². The molecule has 1 fully saturated rings.